The van der Waals surface area contributed by atoms with E-state index in [9.17, 15) is 22.0 Å². The molecule has 1 N–H and O–H groups in total. The van der Waals surface area contributed by atoms with E-state index in [2.05, 4.69) is 15.3 Å². The summed E-state index contributed by atoms with van der Waals surface area (Å²) in [6.45, 7) is -0.587. The van der Waals surface area contributed by atoms with E-state index >= 15 is 0 Å². The molecule has 1 aliphatic rings. The van der Waals surface area contributed by atoms with Gasteiger partial charge in [0.2, 0.25) is 5.95 Å². The first-order chi connectivity index (χ1) is 8.78. The number of hydrogen-bond acceptors (Lipinski definition) is 4. The summed E-state index contributed by atoms with van der Waals surface area (Å²) in [6.07, 6.45) is -3.35. The predicted octanol–water partition coefficient (Wildman–Crippen LogP) is 1.54. The molecule has 0 unspecified atom stereocenters. The Bertz CT molecular complexity index is 431. The summed E-state index contributed by atoms with van der Waals surface area (Å²) < 4.78 is 63.6. The van der Waals surface area contributed by atoms with Gasteiger partial charge in [-0.15, -0.1) is 0 Å². The fourth-order valence-electron chi connectivity index (χ4n) is 1.70. The summed E-state index contributed by atoms with van der Waals surface area (Å²) in [7, 11) is 0. The van der Waals surface area contributed by atoms with Gasteiger partial charge in [0.15, 0.2) is 0 Å². The second-order valence-electron chi connectivity index (χ2n) is 4.22. The maximum atomic E-state index is 13.3. The second kappa shape index (κ2) is 4.87. The predicted molar refractivity (Wildman–Crippen MR) is 57.1 cm³/mol. The normalized spacial score (nSPS) is 20.2. The first-order valence-electron chi connectivity index (χ1n) is 5.51. The van der Waals surface area contributed by atoms with Crippen molar-refractivity contribution in [2.75, 3.05) is 31.1 Å². The summed E-state index contributed by atoms with van der Waals surface area (Å²) in [4.78, 5) is 8.19. The highest BCUT2D eigenvalue weighted by Gasteiger charge is 2.35. The lowest BCUT2D eigenvalue weighted by Crippen LogP contribution is -2.39. The molecule has 2 rings (SSSR count). The van der Waals surface area contributed by atoms with Crippen molar-refractivity contribution >= 4 is 5.95 Å². The highest BCUT2D eigenvalue weighted by molar-refractivity contribution is 5.31. The molecule has 9 heteroatoms. The van der Waals surface area contributed by atoms with Gasteiger partial charge in [-0.2, -0.15) is 13.2 Å². The standard InChI is InChI=1S/C10H11F5N4/c11-9(12)5-16-1-2-19(6-9)8-17-3-7(4-18-8)10(13,14)15/h3-4,16H,1-2,5-6H2. The van der Waals surface area contributed by atoms with Gasteiger partial charge in [-0.1, -0.05) is 0 Å². The van der Waals surface area contributed by atoms with Gasteiger partial charge in [-0.3, -0.25) is 0 Å². The molecule has 19 heavy (non-hydrogen) atoms. The average Bonchev–Trinajstić information content (AvgIpc) is 2.49. The zero-order valence-electron chi connectivity index (χ0n) is 9.71. The number of nitrogens with one attached hydrogen (secondary N) is 1. The molecule has 0 atom stereocenters. The van der Waals surface area contributed by atoms with Crippen LogP contribution in [-0.4, -0.2) is 42.1 Å². The van der Waals surface area contributed by atoms with Crippen molar-refractivity contribution in [1.82, 2.24) is 15.3 Å². The smallest absolute Gasteiger partial charge is 0.333 e. The lowest BCUT2D eigenvalue weighted by Gasteiger charge is -2.23. The van der Waals surface area contributed by atoms with Crippen molar-refractivity contribution < 1.29 is 22.0 Å². The minimum Gasteiger partial charge on any atom is -0.333 e. The van der Waals surface area contributed by atoms with E-state index in [0.29, 0.717) is 18.9 Å². The molecule has 106 valence electrons. The molecule has 0 radical (unpaired) electrons. The maximum absolute atomic E-state index is 13.3. The molecule has 2 heterocycles. The van der Waals surface area contributed by atoms with Gasteiger partial charge in [-0.05, 0) is 0 Å². The molecule has 1 saturated heterocycles. The van der Waals surface area contributed by atoms with E-state index in [-0.39, 0.29) is 12.5 Å². The van der Waals surface area contributed by atoms with Gasteiger partial charge in [0.25, 0.3) is 5.92 Å². The van der Waals surface area contributed by atoms with E-state index in [1.54, 1.807) is 0 Å². The number of anilines is 1. The molecule has 0 saturated carbocycles. The van der Waals surface area contributed by atoms with Crippen molar-refractivity contribution in [2.24, 2.45) is 0 Å². The SMILES string of the molecule is FC1(F)CNCCN(c2ncc(C(F)(F)F)cn2)C1. The van der Waals surface area contributed by atoms with E-state index in [1.165, 1.54) is 4.90 Å². The Kier molecular flexibility index (Phi) is 3.57. The van der Waals surface area contributed by atoms with Crippen LogP contribution >= 0.6 is 0 Å². The Labute approximate surface area is 105 Å². The van der Waals surface area contributed by atoms with E-state index in [4.69, 9.17) is 0 Å². The molecule has 1 aliphatic heterocycles. The fraction of sp³-hybridized carbons (Fsp3) is 0.600. The van der Waals surface area contributed by atoms with Crippen molar-refractivity contribution in [3.8, 4) is 0 Å². The minimum absolute atomic E-state index is 0.128. The summed E-state index contributed by atoms with van der Waals surface area (Å²) in [5.41, 5.74) is -1.00. The Morgan fingerprint density at radius 1 is 1.21 bits per heavy atom. The first-order valence-corrected chi connectivity index (χ1v) is 5.51. The summed E-state index contributed by atoms with van der Waals surface area (Å²) in [6, 6.07) is 0. The van der Waals surface area contributed by atoms with Gasteiger partial charge < -0.3 is 10.2 Å². The molecular formula is C10H11F5N4. The fourth-order valence-corrected chi connectivity index (χ4v) is 1.70. The summed E-state index contributed by atoms with van der Waals surface area (Å²) in [5, 5.41) is 2.55. The van der Waals surface area contributed by atoms with Gasteiger partial charge in [0.1, 0.15) is 0 Å². The molecule has 0 amide bonds. The number of hydrogen-bond donors (Lipinski definition) is 1. The highest BCUT2D eigenvalue weighted by Crippen LogP contribution is 2.28. The van der Waals surface area contributed by atoms with E-state index in [0.717, 1.165) is 0 Å². The molecule has 4 nitrogen and oxygen atoms in total. The second-order valence-corrected chi connectivity index (χ2v) is 4.22. The van der Waals surface area contributed by atoms with Crippen LogP contribution in [0.25, 0.3) is 0 Å². The van der Waals surface area contributed by atoms with E-state index in [1.807, 2.05) is 0 Å². The van der Waals surface area contributed by atoms with Gasteiger partial charge in [0.05, 0.1) is 18.7 Å². The quantitative estimate of drug-likeness (QED) is 0.793. The number of alkyl halides is 5. The zero-order valence-corrected chi connectivity index (χ0v) is 9.71. The largest absolute Gasteiger partial charge is 0.419 e. The number of aromatic nitrogens is 2. The Balaban J connectivity index is 2.17. The third-order valence-electron chi connectivity index (χ3n) is 2.61. The zero-order chi connectivity index (χ0) is 14.1. The van der Waals surface area contributed by atoms with Crippen molar-refractivity contribution in [3.63, 3.8) is 0 Å². The third kappa shape index (κ3) is 3.49. The van der Waals surface area contributed by atoms with Crippen molar-refractivity contribution in [1.29, 1.82) is 0 Å². The van der Waals surface area contributed by atoms with Crippen LogP contribution < -0.4 is 10.2 Å². The number of halogens is 5. The van der Waals surface area contributed by atoms with Crippen LogP contribution in [0.1, 0.15) is 5.56 Å². The van der Waals surface area contributed by atoms with Crippen LogP contribution in [-0.2, 0) is 6.18 Å². The van der Waals surface area contributed by atoms with E-state index < -0.39 is 30.8 Å². The maximum Gasteiger partial charge on any atom is 0.419 e. The number of nitrogens with zero attached hydrogens (tertiary/aromatic N) is 3. The summed E-state index contributed by atoms with van der Waals surface area (Å²) in [5.74, 6) is -3.10. The van der Waals surface area contributed by atoms with Gasteiger partial charge in [-0.25, -0.2) is 18.7 Å². The Morgan fingerprint density at radius 2 is 1.84 bits per heavy atom. The highest BCUT2D eigenvalue weighted by atomic mass is 19.4. The molecule has 0 bridgehead atoms. The van der Waals surface area contributed by atoms with Gasteiger partial charge >= 0.3 is 6.18 Å². The molecule has 0 spiro atoms. The molecular weight excluding hydrogens is 271 g/mol. The van der Waals surface area contributed by atoms with Crippen LogP contribution in [0.2, 0.25) is 0 Å². The molecule has 1 aromatic rings. The van der Waals surface area contributed by atoms with Crippen LogP contribution in [0.15, 0.2) is 12.4 Å². The lowest BCUT2D eigenvalue weighted by molar-refractivity contribution is -0.138. The lowest BCUT2D eigenvalue weighted by atomic mass is 10.3. The van der Waals surface area contributed by atoms with Crippen LogP contribution in [0, 0.1) is 0 Å². The minimum atomic E-state index is -4.54. The summed E-state index contributed by atoms with van der Waals surface area (Å²) >= 11 is 0. The monoisotopic (exact) mass is 282 g/mol. The number of rotatable bonds is 1. The van der Waals surface area contributed by atoms with Crippen LogP contribution in [0.5, 0.6) is 0 Å². The molecule has 0 aliphatic carbocycles. The average molecular weight is 282 g/mol. The third-order valence-corrected chi connectivity index (χ3v) is 2.61. The molecule has 1 fully saturated rings. The van der Waals surface area contributed by atoms with Crippen molar-refractivity contribution in [2.45, 2.75) is 12.1 Å². The van der Waals surface area contributed by atoms with Gasteiger partial charge in [0, 0.05) is 25.5 Å². The molecule has 0 aromatic carbocycles. The Morgan fingerprint density at radius 3 is 2.42 bits per heavy atom. The van der Waals surface area contributed by atoms with Crippen LogP contribution in [0.3, 0.4) is 0 Å². The van der Waals surface area contributed by atoms with Crippen molar-refractivity contribution in [3.05, 3.63) is 18.0 Å². The van der Waals surface area contributed by atoms with Crippen LogP contribution in [0.4, 0.5) is 27.9 Å². The topological polar surface area (TPSA) is 41.0 Å². The Hall–Kier alpha value is -1.51. The first kappa shape index (κ1) is 13.9. The molecule has 1 aromatic heterocycles.